The molecule has 0 amide bonds. The van der Waals surface area contributed by atoms with Gasteiger partial charge in [0.15, 0.2) is 0 Å². The topological polar surface area (TPSA) is 61.3 Å². The molecule has 5 nitrogen and oxygen atoms in total. The maximum atomic E-state index is 11.1. The highest BCUT2D eigenvalue weighted by Gasteiger charge is 2.31. The Balaban J connectivity index is 2.39. The van der Waals surface area contributed by atoms with Gasteiger partial charge in [-0.05, 0) is 31.4 Å². The molecular weight excluding hydrogens is 268 g/mol. The quantitative estimate of drug-likeness (QED) is 0.483. The van der Waals surface area contributed by atoms with Crippen LogP contribution in [0.25, 0.3) is 5.76 Å². The lowest BCUT2D eigenvalue weighted by Gasteiger charge is -2.13. The summed E-state index contributed by atoms with van der Waals surface area (Å²) in [7, 11) is 0. The number of hydrogen-bond donors (Lipinski definition) is 0. The number of carbonyl (C=O) groups is 1. The smallest absolute Gasteiger partial charge is 0.303 e. The number of halogens is 1. The lowest BCUT2D eigenvalue weighted by molar-refractivity contribution is -0.146. The molecule has 6 heteroatoms. The number of fused-ring (bicyclic) bond motifs is 1. The van der Waals surface area contributed by atoms with E-state index in [-0.39, 0.29) is 17.4 Å². The first-order chi connectivity index (χ1) is 9.02. The Labute approximate surface area is 116 Å². The molecule has 2 rings (SSSR count). The molecule has 0 bridgehead atoms. The lowest BCUT2D eigenvalue weighted by Crippen LogP contribution is -2.08. The summed E-state index contributed by atoms with van der Waals surface area (Å²) in [4.78, 5) is 19.4. The maximum absolute atomic E-state index is 11.1. The summed E-state index contributed by atoms with van der Waals surface area (Å²) in [5.41, 5.74) is 2.16. The fourth-order valence-electron chi connectivity index (χ4n) is 2.19. The Bertz CT molecular complexity index is 531. The molecule has 1 atom stereocenters. The summed E-state index contributed by atoms with van der Waals surface area (Å²) in [6.07, 6.45) is 1.03. The number of carbonyl (C=O) groups excluding carboxylic acids is 1. The van der Waals surface area contributed by atoms with Crippen LogP contribution in [0.4, 0.5) is 0 Å². The zero-order chi connectivity index (χ0) is 14.0. The van der Waals surface area contributed by atoms with E-state index in [0.29, 0.717) is 36.6 Å². The number of aromatic nitrogens is 2. The minimum Gasteiger partial charge on any atom is -0.492 e. The van der Waals surface area contributed by atoms with Gasteiger partial charge in [0.1, 0.15) is 17.6 Å². The van der Waals surface area contributed by atoms with E-state index in [0.717, 1.165) is 5.56 Å². The van der Waals surface area contributed by atoms with Crippen LogP contribution in [-0.4, -0.2) is 22.5 Å². The Morgan fingerprint density at radius 3 is 2.89 bits per heavy atom. The van der Waals surface area contributed by atoms with Gasteiger partial charge >= 0.3 is 5.97 Å². The highest BCUT2D eigenvalue weighted by molar-refractivity contribution is 6.28. The minimum atomic E-state index is -0.360. The van der Waals surface area contributed by atoms with Crippen molar-refractivity contribution in [3.63, 3.8) is 0 Å². The van der Waals surface area contributed by atoms with E-state index in [1.807, 2.05) is 6.92 Å². The fourth-order valence-corrected chi connectivity index (χ4v) is 2.36. The Kier molecular flexibility index (Phi) is 4.04. The third kappa shape index (κ3) is 2.87. The van der Waals surface area contributed by atoms with E-state index < -0.39 is 0 Å². The van der Waals surface area contributed by atoms with Crippen LogP contribution in [0.15, 0.2) is 6.58 Å². The first-order valence-corrected chi connectivity index (χ1v) is 6.46. The van der Waals surface area contributed by atoms with E-state index in [1.165, 1.54) is 6.92 Å². The van der Waals surface area contributed by atoms with Crippen LogP contribution in [0.1, 0.15) is 43.3 Å². The number of ether oxygens (including phenoxy) is 2. The van der Waals surface area contributed by atoms with Crippen LogP contribution >= 0.6 is 11.6 Å². The van der Waals surface area contributed by atoms with Crippen LogP contribution in [0.5, 0.6) is 0 Å². The molecule has 0 N–H and O–H groups in total. The Hall–Kier alpha value is -1.62. The normalized spacial score (nSPS) is 16.9. The van der Waals surface area contributed by atoms with Crippen LogP contribution in [0.2, 0.25) is 5.28 Å². The third-order valence-electron chi connectivity index (χ3n) is 2.86. The molecule has 0 saturated carbocycles. The molecule has 19 heavy (non-hydrogen) atoms. The van der Waals surface area contributed by atoms with Gasteiger partial charge in [-0.15, -0.1) is 0 Å². The van der Waals surface area contributed by atoms with Crippen molar-refractivity contribution in [3.05, 3.63) is 28.8 Å². The molecule has 1 aliphatic carbocycles. The Morgan fingerprint density at radius 2 is 2.26 bits per heavy atom. The largest absolute Gasteiger partial charge is 0.492 e. The maximum Gasteiger partial charge on any atom is 0.303 e. The van der Waals surface area contributed by atoms with Crippen LogP contribution in [0.3, 0.4) is 0 Å². The van der Waals surface area contributed by atoms with Crippen molar-refractivity contribution in [2.24, 2.45) is 0 Å². The van der Waals surface area contributed by atoms with Gasteiger partial charge in [0.25, 0.3) is 0 Å². The van der Waals surface area contributed by atoms with Crippen molar-refractivity contribution < 1.29 is 14.3 Å². The van der Waals surface area contributed by atoms with Gasteiger partial charge in [-0.25, -0.2) is 9.97 Å². The molecule has 1 unspecified atom stereocenters. The van der Waals surface area contributed by atoms with Crippen molar-refractivity contribution in [2.75, 3.05) is 6.61 Å². The van der Waals surface area contributed by atoms with Crippen LogP contribution in [0, 0.1) is 0 Å². The van der Waals surface area contributed by atoms with Crippen molar-refractivity contribution >= 4 is 23.3 Å². The van der Waals surface area contributed by atoms with E-state index in [1.54, 1.807) is 0 Å². The molecule has 0 saturated heterocycles. The second-order valence-electron chi connectivity index (χ2n) is 4.20. The van der Waals surface area contributed by atoms with Gasteiger partial charge in [-0.3, -0.25) is 4.79 Å². The third-order valence-corrected chi connectivity index (χ3v) is 3.03. The summed E-state index contributed by atoms with van der Waals surface area (Å²) in [5, 5.41) is 0.105. The molecule has 0 fully saturated rings. The minimum absolute atomic E-state index is 0.105. The first-order valence-electron chi connectivity index (χ1n) is 6.08. The molecule has 0 radical (unpaired) electrons. The van der Waals surface area contributed by atoms with Crippen molar-refractivity contribution in [3.8, 4) is 0 Å². The monoisotopic (exact) mass is 282 g/mol. The van der Waals surface area contributed by atoms with Crippen molar-refractivity contribution in [1.29, 1.82) is 0 Å². The molecule has 0 aliphatic heterocycles. The van der Waals surface area contributed by atoms with Gasteiger partial charge in [0.2, 0.25) is 5.28 Å². The highest BCUT2D eigenvalue weighted by atomic mass is 35.5. The second kappa shape index (κ2) is 5.57. The SMILES string of the molecule is C=C(OCC)c1nc(Cl)nc2c1CCC2OC(C)=O. The summed E-state index contributed by atoms with van der Waals surface area (Å²) in [6.45, 7) is 7.59. The highest BCUT2D eigenvalue weighted by Crippen LogP contribution is 2.36. The second-order valence-corrected chi connectivity index (χ2v) is 4.54. The van der Waals surface area contributed by atoms with Gasteiger partial charge in [-0.1, -0.05) is 6.58 Å². The summed E-state index contributed by atoms with van der Waals surface area (Å²) < 4.78 is 10.6. The van der Waals surface area contributed by atoms with E-state index in [9.17, 15) is 4.79 Å². The zero-order valence-corrected chi connectivity index (χ0v) is 11.7. The van der Waals surface area contributed by atoms with Crippen molar-refractivity contribution in [2.45, 2.75) is 32.8 Å². The van der Waals surface area contributed by atoms with Gasteiger partial charge in [0, 0.05) is 12.5 Å². The standard InChI is InChI=1S/C13H15ClN2O3/c1-4-18-7(2)11-9-5-6-10(19-8(3)17)12(9)16-13(14)15-11/h10H,2,4-6H2,1,3H3. The summed E-state index contributed by atoms with van der Waals surface area (Å²) in [6, 6.07) is 0. The summed E-state index contributed by atoms with van der Waals surface area (Å²) in [5.74, 6) is 0.129. The molecule has 0 spiro atoms. The molecule has 1 aliphatic rings. The molecule has 1 aromatic heterocycles. The molecule has 1 aromatic rings. The van der Waals surface area contributed by atoms with E-state index in [2.05, 4.69) is 16.5 Å². The molecule has 0 aromatic carbocycles. The number of esters is 1. The van der Waals surface area contributed by atoms with Gasteiger partial charge in [-0.2, -0.15) is 0 Å². The van der Waals surface area contributed by atoms with Crippen LogP contribution in [-0.2, 0) is 20.7 Å². The van der Waals surface area contributed by atoms with Crippen LogP contribution < -0.4 is 0 Å². The number of hydrogen-bond acceptors (Lipinski definition) is 5. The zero-order valence-electron chi connectivity index (χ0n) is 10.9. The predicted molar refractivity (Wildman–Crippen MR) is 70.5 cm³/mol. The number of rotatable bonds is 4. The Morgan fingerprint density at radius 1 is 1.53 bits per heavy atom. The average molecular weight is 283 g/mol. The van der Waals surface area contributed by atoms with E-state index >= 15 is 0 Å². The van der Waals surface area contributed by atoms with Gasteiger partial charge < -0.3 is 9.47 Å². The predicted octanol–water partition coefficient (Wildman–Crippen LogP) is 2.69. The average Bonchev–Trinajstić information content (AvgIpc) is 2.71. The lowest BCUT2D eigenvalue weighted by atomic mass is 10.1. The fraction of sp³-hybridized carbons (Fsp3) is 0.462. The van der Waals surface area contributed by atoms with Crippen molar-refractivity contribution in [1.82, 2.24) is 9.97 Å². The van der Waals surface area contributed by atoms with Gasteiger partial charge in [0.05, 0.1) is 12.3 Å². The van der Waals surface area contributed by atoms with E-state index in [4.69, 9.17) is 21.1 Å². The molecule has 1 heterocycles. The first kappa shape index (κ1) is 13.8. The number of nitrogens with zero attached hydrogens (tertiary/aromatic N) is 2. The summed E-state index contributed by atoms with van der Waals surface area (Å²) >= 11 is 5.92. The molecular formula is C13H15ClN2O3. The molecule has 102 valence electrons.